The third-order valence-electron chi connectivity index (χ3n) is 1.92. The fraction of sp³-hybridized carbons (Fsp3) is 0.222. The zero-order valence-electron chi connectivity index (χ0n) is 6.77. The van der Waals surface area contributed by atoms with Gasteiger partial charge in [0.2, 0.25) is 0 Å². The highest BCUT2D eigenvalue weighted by Gasteiger charge is 2.06. The standard InChI is InChI=1S/C9H11N3/c10-8-1-3-9(4-2-8)12-6-5-11-7-12/h1-4,7H,5-6,10H2. The summed E-state index contributed by atoms with van der Waals surface area (Å²) in [5.41, 5.74) is 7.53. The summed E-state index contributed by atoms with van der Waals surface area (Å²) in [6.07, 6.45) is 1.87. The van der Waals surface area contributed by atoms with Crippen LogP contribution in [0.4, 0.5) is 11.4 Å². The maximum Gasteiger partial charge on any atom is 0.0895 e. The lowest BCUT2D eigenvalue weighted by molar-refractivity contribution is 1.02. The Balaban J connectivity index is 2.23. The number of hydrogen-bond acceptors (Lipinski definition) is 3. The molecule has 2 rings (SSSR count). The number of hydrogen-bond donors (Lipinski definition) is 1. The van der Waals surface area contributed by atoms with Crippen LogP contribution in [0.3, 0.4) is 0 Å². The van der Waals surface area contributed by atoms with Gasteiger partial charge in [-0.05, 0) is 24.3 Å². The molecule has 0 amide bonds. The fourth-order valence-electron chi connectivity index (χ4n) is 1.24. The second-order valence-corrected chi connectivity index (χ2v) is 2.81. The summed E-state index contributed by atoms with van der Waals surface area (Å²) in [6.45, 7) is 1.87. The van der Waals surface area contributed by atoms with Crippen molar-refractivity contribution < 1.29 is 0 Å². The average Bonchev–Trinajstić information content (AvgIpc) is 2.58. The van der Waals surface area contributed by atoms with E-state index >= 15 is 0 Å². The molecule has 12 heavy (non-hydrogen) atoms. The first-order chi connectivity index (χ1) is 5.86. The van der Waals surface area contributed by atoms with E-state index in [2.05, 4.69) is 9.89 Å². The first kappa shape index (κ1) is 7.16. The lowest BCUT2D eigenvalue weighted by Gasteiger charge is -2.13. The highest BCUT2D eigenvalue weighted by molar-refractivity contribution is 5.81. The largest absolute Gasteiger partial charge is 0.399 e. The molecule has 0 radical (unpaired) electrons. The lowest BCUT2D eigenvalue weighted by atomic mass is 10.2. The number of benzene rings is 1. The Morgan fingerprint density at radius 1 is 1.25 bits per heavy atom. The molecule has 0 spiro atoms. The topological polar surface area (TPSA) is 41.6 Å². The van der Waals surface area contributed by atoms with Crippen molar-refractivity contribution in [2.75, 3.05) is 23.7 Å². The Hall–Kier alpha value is -1.51. The Morgan fingerprint density at radius 2 is 2.00 bits per heavy atom. The third kappa shape index (κ3) is 1.25. The summed E-state index contributed by atoms with van der Waals surface area (Å²) < 4.78 is 0. The van der Waals surface area contributed by atoms with Gasteiger partial charge in [0.1, 0.15) is 0 Å². The molecule has 2 N–H and O–H groups in total. The molecule has 3 heteroatoms. The molecular weight excluding hydrogens is 150 g/mol. The molecular formula is C9H11N3. The molecule has 1 heterocycles. The molecule has 1 aromatic carbocycles. The third-order valence-corrected chi connectivity index (χ3v) is 1.92. The predicted molar refractivity (Wildman–Crippen MR) is 51.6 cm³/mol. The van der Waals surface area contributed by atoms with E-state index in [1.165, 1.54) is 0 Å². The lowest BCUT2D eigenvalue weighted by Crippen LogP contribution is -2.17. The average molecular weight is 161 g/mol. The van der Waals surface area contributed by atoms with E-state index in [-0.39, 0.29) is 0 Å². The van der Waals surface area contributed by atoms with Crippen LogP contribution < -0.4 is 10.6 Å². The molecule has 0 bridgehead atoms. The number of nitrogens with zero attached hydrogens (tertiary/aromatic N) is 2. The van der Waals surface area contributed by atoms with Gasteiger partial charge < -0.3 is 10.6 Å². The molecule has 1 aliphatic heterocycles. The van der Waals surface area contributed by atoms with Gasteiger partial charge in [-0.3, -0.25) is 4.99 Å². The molecule has 0 saturated carbocycles. The highest BCUT2D eigenvalue weighted by atomic mass is 15.2. The van der Waals surface area contributed by atoms with Gasteiger partial charge in [0.25, 0.3) is 0 Å². The molecule has 0 saturated heterocycles. The summed E-state index contributed by atoms with van der Waals surface area (Å²) in [4.78, 5) is 6.24. The molecule has 1 aromatic rings. The van der Waals surface area contributed by atoms with Crippen LogP contribution in [-0.4, -0.2) is 19.4 Å². The smallest absolute Gasteiger partial charge is 0.0895 e. The number of nitrogens with two attached hydrogens (primary N) is 1. The van der Waals surface area contributed by atoms with Crippen LogP contribution >= 0.6 is 0 Å². The minimum Gasteiger partial charge on any atom is -0.399 e. The second-order valence-electron chi connectivity index (χ2n) is 2.81. The summed E-state index contributed by atoms with van der Waals surface area (Å²) in [6, 6.07) is 7.82. The molecule has 0 fully saturated rings. The Bertz CT molecular complexity index is 289. The first-order valence-electron chi connectivity index (χ1n) is 3.98. The van der Waals surface area contributed by atoms with Crippen molar-refractivity contribution in [3.8, 4) is 0 Å². The van der Waals surface area contributed by atoms with Crippen molar-refractivity contribution >= 4 is 17.7 Å². The molecule has 1 aliphatic rings. The normalized spacial score (nSPS) is 15.5. The number of nitrogen functional groups attached to an aromatic ring is 1. The molecule has 0 unspecified atom stereocenters. The van der Waals surface area contributed by atoms with Gasteiger partial charge in [-0.25, -0.2) is 0 Å². The molecule has 62 valence electrons. The van der Waals surface area contributed by atoms with E-state index in [4.69, 9.17) is 5.73 Å². The summed E-state index contributed by atoms with van der Waals surface area (Å²) in [7, 11) is 0. The zero-order chi connectivity index (χ0) is 8.39. The molecule has 0 atom stereocenters. The monoisotopic (exact) mass is 161 g/mol. The quantitative estimate of drug-likeness (QED) is 0.627. The van der Waals surface area contributed by atoms with Crippen molar-refractivity contribution in [3.05, 3.63) is 24.3 Å². The van der Waals surface area contributed by atoms with Gasteiger partial charge in [-0.1, -0.05) is 0 Å². The van der Waals surface area contributed by atoms with Crippen LogP contribution in [0, 0.1) is 0 Å². The van der Waals surface area contributed by atoms with Crippen molar-refractivity contribution in [2.45, 2.75) is 0 Å². The van der Waals surface area contributed by atoms with Crippen LogP contribution in [0.2, 0.25) is 0 Å². The van der Waals surface area contributed by atoms with E-state index in [9.17, 15) is 0 Å². The molecule has 0 aliphatic carbocycles. The van der Waals surface area contributed by atoms with Gasteiger partial charge >= 0.3 is 0 Å². The zero-order valence-corrected chi connectivity index (χ0v) is 6.77. The molecule has 3 nitrogen and oxygen atoms in total. The van der Waals surface area contributed by atoms with E-state index < -0.39 is 0 Å². The van der Waals surface area contributed by atoms with Crippen LogP contribution in [-0.2, 0) is 0 Å². The minimum absolute atomic E-state index is 0.801. The Labute approximate surface area is 71.5 Å². The summed E-state index contributed by atoms with van der Waals surface area (Å²) in [5, 5.41) is 0. The summed E-state index contributed by atoms with van der Waals surface area (Å²) >= 11 is 0. The van der Waals surface area contributed by atoms with Crippen molar-refractivity contribution in [3.63, 3.8) is 0 Å². The molecule has 0 aromatic heterocycles. The van der Waals surface area contributed by atoms with Gasteiger partial charge in [0.05, 0.1) is 12.9 Å². The number of anilines is 2. The van der Waals surface area contributed by atoms with Crippen molar-refractivity contribution in [1.82, 2.24) is 0 Å². The van der Waals surface area contributed by atoms with E-state index in [1.54, 1.807) is 0 Å². The SMILES string of the molecule is Nc1ccc(N2C=NCC2)cc1. The van der Waals surface area contributed by atoms with Gasteiger partial charge in [-0.15, -0.1) is 0 Å². The Kier molecular flexibility index (Phi) is 1.70. The van der Waals surface area contributed by atoms with Crippen molar-refractivity contribution in [1.29, 1.82) is 0 Å². The van der Waals surface area contributed by atoms with Crippen LogP contribution in [0.5, 0.6) is 0 Å². The van der Waals surface area contributed by atoms with Gasteiger partial charge in [-0.2, -0.15) is 0 Å². The predicted octanol–water partition coefficient (Wildman–Crippen LogP) is 1.12. The van der Waals surface area contributed by atoms with Crippen molar-refractivity contribution in [2.24, 2.45) is 4.99 Å². The minimum atomic E-state index is 0.801. The van der Waals surface area contributed by atoms with Gasteiger partial charge in [0.15, 0.2) is 0 Å². The highest BCUT2D eigenvalue weighted by Crippen LogP contribution is 2.16. The van der Waals surface area contributed by atoms with Crippen LogP contribution in [0.1, 0.15) is 0 Å². The second kappa shape index (κ2) is 2.85. The first-order valence-corrected chi connectivity index (χ1v) is 3.98. The summed E-state index contributed by atoms with van der Waals surface area (Å²) in [5.74, 6) is 0. The Morgan fingerprint density at radius 3 is 2.58 bits per heavy atom. The van der Waals surface area contributed by atoms with Crippen LogP contribution in [0.15, 0.2) is 29.3 Å². The number of aliphatic imine (C=N–C) groups is 1. The maximum absolute atomic E-state index is 5.57. The van der Waals surface area contributed by atoms with E-state index in [0.29, 0.717) is 0 Å². The van der Waals surface area contributed by atoms with Crippen LogP contribution in [0.25, 0.3) is 0 Å². The fourth-order valence-corrected chi connectivity index (χ4v) is 1.24. The van der Waals surface area contributed by atoms with E-state index in [0.717, 1.165) is 24.5 Å². The van der Waals surface area contributed by atoms with E-state index in [1.807, 2.05) is 30.6 Å². The maximum atomic E-state index is 5.57. The van der Waals surface area contributed by atoms with Gasteiger partial charge in [0, 0.05) is 17.9 Å². The number of rotatable bonds is 1.